The van der Waals surface area contributed by atoms with E-state index in [0.717, 1.165) is 12.8 Å². The van der Waals surface area contributed by atoms with E-state index < -0.39 is 40.6 Å². The fourth-order valence-electron chi connectivity index (χ4n) is 2.97. The fraction of sp³-hybridized carbons (Fsp3) is 0.552. The number of esters is 1. The Hall–Kier alpha value is -2.48. The third-order valence-electron chi connectivity index (χ3n) is 6.14. The zero-order chi connectivity index (χ0) is 28.5. The average Bonchev–Trinajstić information content (AvgIpc) is 2.93. The van der Waals surface area contributed by atoms with Gasteiger partial charge in [-0.25, -0.2) is 22.0 Å². The van der Waals surface area contributed by atoms with Gasteiger partial charge in [0.1, 0.15) is 0 Å². The smallest absolute Gasteiger partial charge is 0.308 e. The number of aliphatic hydroxyl groups excluding tert-OH is 1. The normalized spacial score (nSPS) is 12.9. The van der Waals surface area contributed by atoms with E-state index in [2.05, 4.69) is 44.2 Å². The first-order valence-electron chi connectivity index (χ1n) is 12.8. The third-order valence-corrected chi connectivity index (χ3v) is 6.14. The van der Waals surface area contributed by atoms with Crippen LogP contribution in [0.1, 0.15) is 96.6 Å². The molecule has 0 radical (unpaired) electrons. The fourth-order valence-corrected chi connectivity index (χ4v) is 2.97. The maximum Gasteiger partial charge on any atom is 0.308 e. The molecule has 37 heavy (non-hydrogen) atoms. The number of hydrogen-bond donors (Lipinski definition) is 1. The lowest BCUT2D eigenvalue weighted by atomic mass is 9.97. The first-order chi connectivity index (χ1) is 17.5. The highest BCUT2D eigenvalue weighted by atomic mass is 19.2. The maximum atomic E-state index is 13.1. The van der Waals surface area contributed by atoms with Crippen molar-refractivity contribution in [2.24, 2.45) is 5.92 Å². The summed E-state index contributed by atoms with van der Waals surface area (Å²) in [5, 5.41) is 8.45. The molecule has 0 spiro atoms. The quantitative estimate of drug-likeness (QED) is 0.110. The number of carbonyl (C=O) groups excluding carboxylic acids is 1. The number of aliphatic hydroxyl groups is 1. The van der Waals surface area contributed by atoms with Gasteiger partial charge in [0, 0.05) is 12.2 Å². The minimum atomic E-state index is -2.11. The van der Waals surface area contributed by atoms with Gasteiger partial charge in [-0.3, -0.25) is 4.79 Å². The van der Waals surface area contributed by atoms with Crippen molar-refractivity contribution in [2.45, 2.75) is 85.5 Å². The molecule has 0 saturated heterocycles. The Morgan fingerprint density at radius 3 is 1.68 bits per heavy atom. The highest BCUT2D eigenvalue weighted by Crippen LogP contribution is 2.30. The lowest BCUT2D eigenvalue weighted by Gasteiger charge is -2.12. The molecule has 2 rings (SSSR count). The Morgan fingerprint density at radius 2 is 1.24 bits per heavy atom. The second-order valence-electron chi connectivity index (χ2n) is 8.92. The van der Waals surface area contributed by atoms with Gasteiger partial charge < -0.3 is 9.84 Å². The molecular formula is C29H41F5O3. The van der Waals surface area contributed by atoms with Crippen LogP contribution in [0.2, 0.25) is 0 Å². The van der Waals surface area contributed by atoms with Crippen LogP contribution < -0.4 is 0 Å². The zero-order valence-corrected chi connectivity index (χ0v) is 22.7. The highest BCUT2D eigenvalue weighted by molar-refractivity contribution is 5.71. The summed E-state index contributed by atoms with van der Waals surface area (Å²) in [6, 6.07) is 10.6. The second-order valence-corrected chi connectivity index (χ2v) is 8.92. The van der Waals surface area contributed by atoms with E-state index in [-0.39, 0.29) is 18.5 Å². The van der Waals surface area contributed by atoms with Crippen LogP contribution in [0.25, 0.3) is 0 Å². The molecule has 1 N–H and O–H groups in total. The van der Waals surface area contributed by atoms with Gasteiger partial charge in [-0.15, -0.1) is 0 Å². The van der Waals surface area contributed by atoms with Crippen molar-refractivity contribution in [3.05, 3.63) is 70.5 Å². The minimum Gasteiger partial charge on any atom is -0.465 e. The lowest BCUT2D eigenvalue weighted by molar-refractivity contribution is -0.148. The molecule has 0 bridgehead atoms. The molecule has 2 aromatic carbocycles. The molecule has 3 unspecified atom stereocenters. The van der Waals surface area contributed by atoms with Gasteiger partial charge in [-0.2, -0.15) is 0 Å². The van der Waals surface area contributed by atoms with Crippen LogP contribution >= 0.6 is 0 Å². The lowest BCUT2D eigenvalue weighted by Crippen LogP contribution is -2.14. The van der Waals surface area contributed by atoms with Crippen molar-refractivity contribution in [1.29, 1.82) is 0 Å². The Labute approximate surface area is 218 Å². The van der Waals surface area contributed by atoms with Crippen LogP contribution in [0.3, 0.4) is 0 Å². The van der Waals surface area contributed by atoms with E-state index in [1.807, 2.05) is 13.8 Å². The van der Waals surface area contributed by atoms with E-state index in [1.165, 1.54) is 18.9 Å². The van der Waals surface area contributed by atoms with E-state index >= 15 is 0 Å². The van der Waals surface area contributed by atoms with Crippen molar-refractivity contribution >= 4 is 5.97 Å². The van der Waals surface area contributed by atoms with Gasteiger partial charge in [0.25, 0.3) is 0 Å². The van der Waals surface area contributed by atoms with Gasteiger partial charge in [-0.05, 0) is 49.5 Å². The van der Waals surface area contributed by atoms with Crippen molar-refractivity contribution in [3.63, 3.8) is 0 Å². The molecule has 0 saturated carbocycles. The summed E-state index contributed by atoms with van der Waals surface area (Å²) in [7, 11) is 0. The van der Waals surface area contributed by atoms with Crippen molar-refractivity contribution < 1.29 is 36.6 Å². The van der Waals surface area contributed by atoms with Crippen LogP contribution in [0.15, 0.2) is 30.3 Å². The van der Waals surface area contributed by atoms with E-state index in [4.69, 9.17) is 9.84 Å². The summed E-state index contributed by atoms with van der Waals surface area (Å²) in [6.45, 7) is 11.9. The number of carbonyl (C=O) groups is 1. The van der Waals surface area contributed by atoms with Gasteiger partial charge in [-0.1, -0.05) is 71.9 Å². The first kappa shape index (κ1) is 34.5. The largest absolute Gasteiger partial charge is 0.465 e. The summed E-state index contributed by atoms with van der Waals surface area (Å²) < 4.78 is 69.3. The van der Waals surface area contributed by atoms with E-state index in [9.17, 15) is 26.7 Å². The van der Waals surface area contributed by atoms with Gasteiger partial charge >= 0.3 is 5.97 Å². The molecule has 3 atom stereocenters. The number of rotatable bonds is 10. The molecule has 0 aromatic heterocycles. The number of halogens is 5. The van der Waals surface area contributed by atoms with Crippen molar-refractivity contribution in [2.75, 3.05) is 13.2 Å². The van der Waals surface area contributed by atoms with Crippen molar-refractivity contribution in [1.82, 2.24) is 0 Å². The van der Waals surface area contributed by atoms with Gasteiger partial charge in [0.2, 0.25) is 5.82 Å². The predicted molar refractivity (Wildman–Crippen MR) is 137 cm³/mol. The number of benzene rings is 2. The number of unbranched alkanes of at least 4 members (excludes halogenated alkanes) is 1. The summed E-state index contributed by atoms with van der Waals surface area (Å²) in [4.78, 5) is 11.1. The van der Waals surface area contributed by atoms with E-state index in [1.54, 1.807) is 6.92 Å². The van der Waals surface area contributed by atoms with Crippen LogP contribution in [-0.4, -0.2) is 24.3 Å². The second kappa shape index (κ2) is 18.7. The van der Waals surface area contributed by atoms with Crippen LogP contribution in [0.5, 0.6) is 0 Å². The first-order valence-corrected chi connectivity index (χ1v) is 12.8. The number of ether oxygens (including phenoxy) is 1. The molecule has 0 aliphatic heterocycles. The Bertz CT molecular complexity index is 892. The molecule has 0 amide bonds. The summed E-state index contributed by atoms with van der Waals surface area (Å²) in [5.74, 6) is -9.49. The number of hydrogen-bond acceptors (Lipinski definition) is 3. The van der Waals surface area contributed by atoms with E-state index in [0.29, 0.717) is 25.4 Å². The predicted octanol–water partition coefficient (Wildman–Crippen LogP) is 8.44. The zero-order valence-electron chi connectivity index (χ0n) is 22.7. The Kier molecular flexibility index (Phi) is 17.5. The average molecular weight is 533 g/mol. The van der Waals surface area contributed by atoms with Crippen LogP contribution in [0.4, 0.5) is 22.0 Å². The molecular weight excluding hydrogens is 491 g/mol. The van der Waals surface area contributed by atoms with Crippen LogP contribution in [-0.2, 0) is 9.53 Å². The molecule has 0 aliphatic rings. The van der Waals surface area contributed by atoms with Crippen LogP contribution in [0, 0.1) is 35.0 Å². The van der Waals surface area contributed by atoms with Gasteiger partial charge in [0.15, 0.2) is 23.3 Å². The topological polar surface area (TPSA) is 46.5 Å². The molecule has 0 fully saturated rings. The van der Waals surface area contributed by atoms with Crippen molar-refractivity contribution in [3.8, 4) is 0 Å². The third kappa shape index (κ3) is 11.6. The SMILES string of the molecule is CCC(C)C(=O)OCCCCO.CCC(C)c1c(F)c(F)c(F)c(F)c1F.CCC(C)c1ccccc1. The summed E-state index contributed by atoms with van der Waals surface area (Å²) in [5.41, 5.74) is 0.707. The monoisotopic (exact) mass is 532 g/mol. The summed E-state index contributed by atoms with van der Waals surface area (Å²) >= 11 is 0. The molecule has 0 heterocycles. The highest BCUT2D eigenvalue weighted by Gasteiger charge is 2.27. The molecule has 210 valence electrons. The van der Waals surface area contributed by atoms with Gasteiger partial charge in [0.05, 0.1) is 12.5 Å². The standard InChI is InChI=1S/C10H9F5.C10H14.C9H18O3/c1-3-4(2)5-6(11)8(13)10(15)9(14)7(5)12;1-3-9(2)10-7-5-4-6-8-10;1-3-8(2)9(11)12-7-5-4-6-10/h4H,3H2,1-2H3;4-9H,3H2,1-2H3;8,10H,3-7H2,1-2H3. The molecule has 8 heteroatoms. The Balaban J connectivity index is 0.000000537. The molecule has 3 nitrogen and oxygen atoms in total. The maximum absolute atomic E-state index is 13.1. The minimum absolute atomic E-state index is 0.000809. The Morgan fingerprint density at radius 1 is 0.757 bits per heavy atom. The molecule has 0 aliphatic carbocycles. The summed E-state index contributed by atoms with van der Waals surface area (Å²) in [6.07, 6.45) is 3.79. The molecule has 2 aromatic rings.